The maximum Gasteiger partial charge on any atom is 0.229 e. The van der Waals surface area contributed by atoms with E-state index >= 15 is 0 Å². The maximum atomic E-state index is 6.02. The summed E-state index contributed by atoms with van der Waals surface area (Å²) >= 11 is 0. The van der Waals surface area contributed by atoms with Crippen molar-refractivity contribution in [1.29, 1.82) is 0 Å². The first-order valence-electron chi connectivity index (χ1n) is 12.8. The van der Waals surface area contributed by atoms with Crippen LogP contribution in [-0.4, -0.2) is 52.8 Å². The van der Waals surface area contributed by atoms with Gasteiger partial charge in [-0.25, -0.2) is 0 Å². The molecule has 1 aliphatic heterocycles. The second kappa shape index (κ2) is 13.1. The number of ether oxygens (including phenoxy) is 2. The van der Waals surface area contributed by atoms with Gasteiger partial charge in [0, 0.05) is 45.2 Å². The van der Waals surface area contributed by atoms with Gasteiger partial charge in [0.05, 0.1) is 12.7 Å². The number of hydrogen-bond acceptors (Lipinski definition) is 9. The molecule has 0 radical (unpaired) electrons. The van der Waals surface area contributed by atoms with E-state index in [-0.39, 0.29) is 12.1 Å². The fourth-order valence-electron chi connectivity index (χ4n) is 4.53. The monoisotopic (exact) mass is 491 g/mol. The average molecular weight is 492 g/mol. The molecule has 1 fully saturated rings. The highest BCUT2D eigenvalue weighted by atomic mass is 16.5. The first-order valence-corrected chi connectivity index (χ1v) is 12.8. The number of rotatable bonds is 12. The van der Waals surface area contributed by atoms with Gasteiger partial charge < -0.3 is 25.4 Å². The Bertz CT molecular complexity index is 1070. The summed E-state index contributed by atoms with van der Waals surface area (Å²) in [6.07, 6.45) is 7.32. The summed E-state index contributed by atoms with van der Waals surface area (Å²) in [5.74, 6) is 1.61. The maximum absolute atomic E-state index is 6.02. The molecule has 3 N–H and O–H groups in total. The molecular weight excluding hydrogens is 454 g/mol. The topological polar surface area (TPSA) is 106 Å². The van der Waals surface area contributed by atoms with Crippen LogP contribution in [0.15, 0.2) is 42.7 Å². The van der Waals surface area contributed by atoms with E-state index in [1.54, 1.807) is 19.5 Å². The Morgan fingerprint density at radius 3 is 2.33 bits per heavy atom. The van der Waals surface area contributed by atoms with Gasteiger partial charge in [-0.3, -0.25) is 4.98 Å². The third-order valence-corrected chi connectivity index (χ3v) is 6.47. The Kier molecular flexibility index (Phi) is 9.40. The number of aromatic nitrogens is 4. The lowest BCUT2D eigenvalue weighted by atomic mass is 9.97. The third-order valence-electron chi connectivity index (χ3n) is 6.47. The van der Waals surface area contributed by atoms with E-state index in [2.05, 4.69) is 62.9 Å². The van der Waals surface area contributed by atoms with Crippen molar-refractivity contribution in [2.75, 3.05) is 42.8 Å². The Balaban J connectivity index is 1.50. The van der Waals surface area contributed by atoms with E-state index in [1.165, 1.54) is 16.7 Å². The van der Waals surface area contributed by atoms with E-state index in [0.29, 0.717) is 44.1 Å². The van der Waals surface area contributed by atoms with Gasteiger partial charge in [0.1, 0.15) is 0 Å². The third kappa shape index (κ3) is 6.89. The molecule has 0 unspecified atom stereocenters. The Morgan fingerprint density at radius 2 is 1.64 bits per heavy atom. The Hall–Kier alpha value is -3.30. The van der Waals surface area contributed by atoms with Crippen molar-refractivity contribution in [2.24, 2.45) is 0 Å². The number of benzene rings is 1. The molecule has 3 aromatic rings. The quantitative estimate of drug-likeness (QED) is 0.318. The summed E-state index contributed by atoms with van der Waals surface area (Å²) < 4.78 is 11.2. The molecule has 4 rings (SSSR count). The molecule has 36 heavy (non-hydrogen) atoms. The van der Waals surface area contributed by atoms with E-state index in [9.17, 15) is 0 Å². The van der Waals surface area contributed by atoms with Crippen LogP contribution in [0.5, 0.6) is 0 Å². The number of anilines is 3. The average Bonchev–Trinajstić information content (AvgIpc) is 2.92. The highest BCUT2D eigenvalue weighted by Gasteiger charge is 2.25. The van der Waals surface area contributed by atoms with Crippen LogP contribution >= 0.6 is 0 Å². The van der Waals surface area contributed by atoms with Crippen LogP contribution in [0.25, 0.3) is 0 Å². The van der Waals surface area contributed by atoms with Crippen LogP contribution in [0.1, 0.15) is 55.0 Å². The number of methoxy groups -OCH3 is 1. The van der Waals surface area contributed by atoms with E-state index < -0.39 is 0 Å². The summed E-state index contributed by atoms with van der Waals surface area (Å²) in [6, 6.07) is 10.7. The van der Waals surface area contributed by atoms with Crippen molar-refractivity contribution in [3.8, 4) is 0 Å². The molecule has 1 aromatic carbocycles. The molecule has 2 aromatic heterocycles. The fraction of sp³-hybridized carbons (Fsp3) is 0.481. The first-order chi connectivity index (χ1) is 17.7. The van der Waals surface area contributed by atoms with Crippen molar-refractivity contribution >= 4 is 17.8 Å². The molecule has 0 aliphatic carbocycles. The lowest BCUT2D eigenvalue weighted by Gasteiger charge is -2.30. The molecule has 0 amide bonds. The second-order valence-corrected chi connectivity index (χ2v) is 8.85. The lowest BCUT2D eigenvalue weighted by molar-refractivity contribution is 0.00964. The molecular formula is C27H37N7O2. The molecule has 0 spiro atoms. The number of nitrogens with zero attached hydrogens (tertiary/aromatic N) is 4. The van der Waals surface area contributed by atoms with Crippen LogP contribution in [0.2, 0.25) is 0 Å². The molecule has 192 valence electrons. The number of hydrogen-bond donors (Lipinski definition) is 3. The highest BCUT2D eigenvalue weighted by molar-refractivity contribution is 5.45. The normalized spacial score (nSPS) is 17.5. The van der Waals surface area contributed by atoms with Crippen LogP contribution in [0, 0.1) is 0 Å². The predicted molar refractivity (Wildman–Crippen MR) is 142 cm³/mol. The van der Waals surface area contributed by atoms with Gasteiger partial charge in [-0.05, 0) is 60.1 Å². The van der Waals surface area contributed by atoms with Crippen LogP contribution < -0.4 is 16.0 Å². The van der Waals surface area contributed by atoms with Crippen molar-refractivity contribution in [1.82, 2.24) is 19.9 Å². The molecule has 1 saturated heterocycles. The van der Waals surface area contributed by atoms with Crippen molar-refractivity contribution in [3.05, 3.63) is 65.0 Å². The van der Waals surface area contributed by atoms with Crippen molar-refractivity contribution in [2.45, 2.75) is 58.2 Å². The minimum absolute atomic E-state index is 0.0241. The number of aryl methyl sites for hydroxylation is 2. The summed E-state index contributed by atoms with van der Waals surface area (Å²) in [7, 11) is 1.68. The molecule has 0 bridgehead atoms. The van der Waals surface area contributed by atoms with Gasteiger partial charge in [-0.1, -0.05) is 32.0 Å². The van der Waals surface area contributed by atoms with Crippen molar-refractivity contribution in [3.63, 3.8) is 0 Å². The van der Waals surface area contributed by atoms with Gasteiger partial charge >= 0.3 is 0 Å². The van der Waals surface area contributed by atoms with Gasteiger partial charge in [0.2, 0.25) is 17.8 Å². The molecule has 0 saturated carbocycles. The SMILES string of the molecule is CCc1cccc(CC)c1CNc1nc(NCCOC)nc(N[C@@H]2CCO[C@H](c3ccncc3)C2)n1. The largest absolute Gasteiger partial charge is 0.383 e. The fourth-order valence-corrected chi connectivity index (χ4v) is 4.53. The predicted octanol–water partition coefficient (Wildman–Crippen LogP) is 4.39. The Morgan fingerprint density at radius 1 is 0.944 bits per heavy atom. The van der Waals surface area contributed by atoms with E-state index in [0.717, 1.165) is 31.2 Å². The smallest absolute Gasteiger partial charge is 0.229 e. The molecule has 3 heterocycles. The lowest BCUT2D eigenvalue weighted by Crippen LogP contribution is -2.31. The van der Waals surface area contributed by atoms with Gasteiger partial charge in [-0.2, -0.15) is 15.0 Å². The minimum atomic E-state index is 0.0241. The van der Waals surface area contributed by atoms with Gasteiger partial charge in [0.25, 0.3) is 0 Å². The molecule has 2 atom stereocenters. The first kappa shape index (κ1) is 25.8. The summed E-state index contributed by atoms with van der Waals surface area (Å²) in [4.78, 5) is 18.1. The molecule has 9 nitrogen and oxygen atoms in total. The summed E-state index contributed by atoms with van der Waals surface area (Å²) in [5, 5.41) is 10.2. The zero-order chi connectivity index (χ0) is 25.2. The van der Waals surface area contributed by atoms with E-state index in [4.69, 9.17) is 14.5 Å². The van der Waals surface area contributed by atoms with Gasteiger partial charge in [0.15, 0.2) is 0 Å². The summed E-state index contributed by atoms with van der Waals surface area (Å²) in [6.45, 7) is 6.89. The minimum Gasteiger partial charge on any atom is -0.383 e. The van der Waals surface area contributed by atoms with E-state index in [1.807, 2.05) is 12.1 Å². The molecule has 1 aliphatic rings. The van der Waals surface area contributed by atoms with Crippen LogP contribution in [-0.2, 0) is 28.9 Å². The van der Waals surface area contributed by atoms with Crippen LogP contribution in [0.3, 0.4) is 0 Å². The second-order valence-electron chi connectivity index (χ2n) is 8.85. The highest BCUT2D eigenvalue weighted by Crippen LogP contribution is 2.29. The van der Waals surface area contributed by atoms with Gasteiger partial charge in [-0.15, -0.1) is 0 Å². The molecule has 9 heteroatoms. The van der Waals surface area contributed by atoms with Crippen molar-refractivity contribution < 1.29 is 9.47 Å². The standard InChI is InChI=1S/C27H37N7O2/c1-4-19-7-6-8-20(5-2)23(19)18-30-26-32-25(29-14-16-35-3)33-27(34-26)31-22-11-15-36-24(17-22)21-9-12-28-13-10-21/h6-10,12-13,22,24H,4-5,11,14-18H2,1-3H3,(H3,29,30,31,32,33,34)/t22-,24+/m1/s1. The zero-order valence-electron chi connectivity index (χ0n) is 21.5. The summed E-state index contributed by atoms with van der Waals surface area (Å²) in [5.41, 5.74) is 5.14. The van der Waals surface area contributed by atoms with Crippen LogP contribution in [0.4, 0.5) is 17.8 Å². The Labute approximate surface area is 213 Å². The zero-order valence-corrected chi connectivity index (χ0v) is 21.5. The number of nitrogens with one attached hydrogen (secondary N) is 3. The number of pyridine rings is 1.